The van der Waals surface area contributed by atoms with Gasteiger partial charge in [0, 0.05) is 30.1 Å². The zero-order chi connectivity index (χ0) is 17.3. The Bertz CT molecular complexity index is 830. The first kappa shape index (κ1) is 16.8. The zero-order valence-corrected chi connectivity index (χ0v) is 14.6. The van der Waals surface area contributed by atoms with Gasteiger partial charge in [-0.15, -0.1) is 0 Å². The van der Waals surface area contributed by atoms with Gasteiger partial charge in [0.15, 0.2) is 6.61 Å². The largest absolute Gasteiger partial charge is 0.482 e. The second kappa shape index (κ2) is 6.85. The molecular formula is C18H20ClNO4. The smallest absolute Gasteiger partial charge is 0.336 e. The molecule has 0 N–H and O–H groups in total. The summed E-state index contributed by atoms with van der Waals surface area (Å²) in [5.74, 6) is 0.292. The number of halogens is 1. The van der Waals surface area contributed by atoms with E-state index in [0.717, 1.165) is 36.8 Å². The van der Waals surface area contributed by atoms with Crippen LogP contribution in [-0.4, -0.2) is 30.0 Å². The number of rotatable bonds is 3. The van der Waals surface area contributed by atoms with Gasteiger partial charge in [0.25, 0.3) is 5.91 Å². The van der Waals surface area contributed by atoms with Crippen molar-refractivity contribution in [1.29, 1.82) is 0 Å². The third-order valence-corrected chi connectivity index (χ3v) is 4.77. The van der Waals surface area contributed by atoms with Gasteiger partial charge < -0.3 is 14.1 Å². The topological polar surface area (TPSA) is 59.8 Å². The fraction of sp³-hybridized carbons (Fsp3) is 0.444. The molecule has 1 aliphatic rings. The standard InChI is InChI=1S/C18H20ClNO4/c1-11-7-18(22)24-15-9-16(14(19)8-13(11)15)23-10-17(21)20-6-4-3-5-12(20)2/h7-9,12H,3-6,10H2,1-2H3/t12-/m1/s1. The van der Waals surface area contributed by atoms with Crippen molar-refractivity contribution in [3.63, 3.8) is 0 Å². The zero-order valence-electron chi connectivity index (χ0n) is 13.8. The fourth-order valence-electron chi connectivity index (χ4n) is 3.12. The van der Waals surface area contributed by atoms with E-state index in [-0.39, 0.29) is 18.6 Å². The second-order valence-electron chi connectivity index (χ2n) is 6.25. The van der Waals surface area contributed by atoms with Gasteiger partial charge >= 0.3 is 5.63 Å². The number of ether oxygens (including phenoxy) is 1. The number of carbonyl (C=O) groups is 1. The fourth-order valence-corrected chi connectivity index (χ4v) is 3.34. The summed E-state index contributed by atoms with van der Waals surface area (Å²) < 4.78 is 10.8. The Labute approximate surface area is 145 Å². The Morgan fingerprint density at radius 1 is 1.38 bits per heavy atom. The van der Waals surface area contributed by atoms with Crippen molar-refractivity contribution in [1.82, 2.24) is 4.90 Å². The van der Waals surface area contributed by atoms with Gasteiger partial charge in [-0.05, 0) is 44.7 Å². The highest BCUT2D eigenvalue weighted by Crippen LogP contribution is 2.31. The van der Waals surface area contributed by atoms with E-state index in [4.69, 9.17) is 20.8 Å². The number of hydrogen-bond donors (Lipinski definition) is 0. The van der Waals surface area contributed by atoms with E-state index < -0.39 is 5.63 Å². The molecule has 0 radical (unpaired) electrons. The maximum Gasteiger partial charge on any atom is 0.336 e. The van der Waals surface area contributed by atoms with Crippen molar-refractivity contribution in [2.45, 2.75) is 39.2 Å². The van der Waals surface area contributed by atoms with Gasteiger partial charge in [0.05, 0.1) is 5.02 Å². The van der Waals surface area contributed by atoms with Crippen LogP contribution in [0.3, 0.4) is 0 Å². The van der Waals surface area contributed by atoms with Crippen LogP contribution in [0.15, 0.2) is 27.4 Å². The SMILES string of the molecule is Cc1cc(=O)oc2cc(OCC(=O)N3CCCC[C@H]3C)c(Cl)cc12. The molecule has 1 fully saturated rings. The lowest BCUT2D eigenvalue weighted by atomic mass is 10.0. The predicted octanol–water partition coefficient (Wildman–Crippen LogP) is 3.53. The van der Waals surface area contributed by atoms with Crippen LogP contribution in [0.2, 0.25) is 5.02 Å². The first-order valence-electron chi connectivity index (χ1n) is 8.12. The molecule has 6 heteroatoms. The van der Waals surface area contributed by atoms with Crippen molar-refractivity contribution in [2.75, 3.05) is 13.2 Å². The molecule has 0 unspecified atom stereocenters. The number of fused-ring (bicyclic) bond motifs is 1. The number of piperidine rings is 1. The number of likely N-dealkylation sites (tertiary alicyclic amines) is 1. The molecule has 2 heterocycles. The van der Waals surface area contributed by atoms with E-state index in [1.807, 2.05) is 11.8 Å². The van der Waals surface area contributed by atoms with Gasteiger partial charge in [0.2, 0.25) is 0 Å². The Kier molecular flexibility index (Phi) is 4.81. The van der Waals surface area contributed by atoms with E-state index in [1.54, 1.807) is 12.1 Å². The molecule has 0 aliphatic carbocycles. The molecule has 1 aromatic heterocycles. The average Bonchev–Trinajstić information content (AvgIpc) is 2.54. The van der Waals surface area contributed by atoms with E-state index in [2.05, 4.69) is 6.92 Å². The molecule has 5 nitrogen and oxygen atoms in total. The first-order chi connectivity index (χ1) is 11.5. The van der Waals surface area contributed by atoms with Crippen LogP contribution in [0, 0.1) is 6.92 Å². The Morgan fingerprint density at radius 3 is 2.92 bits per heavy atom. The lowest BCUT2D eigenvalue weighted by Crippen LogP contribution is -2.44. The number of nitrogens with zero attached hydrogens (tertiary/aromatic N) is 1. The highest BCUT2D eigenvalue weighted by atomic mass is 35.5. The van der Waals surface area contributed by atoms with Crippen LogP contribution in [-0.2, 0) is 4.79 Å². The third kappa shape index (κ3) is 3.41. The summed E-state index contributed by atoms with van der Waals surface area (Å²) in [6.45, 7) is 4.56. The maximum atomic E-state index is 12.3. The summed E-state index contributed by atoms with van der Waals surface area (Å²) in [5, 5.41) is 1.14. The summed E-state index contributed by atoms with van der Waals surface area (Å²) in [4.78, 5) is 25.7. The minimum Gasteiger partial charge on any atom is -0.482 e. The van der Waals surface area contributed by atoms with Crippen LogP contribution in [0.4, 0.5) is 0 Å². The van der Waals surface area contributed by atoms with Gasteiger partial charge in [-0.3, -0.25) is 4.79 Å². The molecule has 1 atom stereocenters. The van der Waals surface area contributed by atoms with Crippen molar-refractivity contribution in [3.8, 4) is 5.75 Å². The van der Waals surface area contributed by atoms with Gasteiger partial charge in [-0.2, -0.15) is 0 Å². The molecule has 128 valence electrons. The number of amides is 1. The van der Waals surface area contributed by atoms with E-state index in [1.165, 1.54) is 6.07 Å². The van der Waals surface area contributed by atoms with E-state index >= 15 is 0 Å². The molecule has 1 amide bonds. The summed E-state index contributed by atoms with van der Waals surface area (Å²) >= 11 is 6.24. The Balaban J connectivity index is 1.78. The monoisotopic (exact) mass is 349 g/mol. The molecular weight excluding hydrogens is 330 g/mol. The van der Waals surface area contributed by atoms with Crippen molar-refractivity contribution in [2.24, 2.45) is 0 Å². The Hall–Kier alpha value is -2.01. The lowest BCUT2D eigenvalue weighted by molar-refractivity contribution is -0.136. The molecule has 24 heavy (non-hydrogen) atoms. The molecule has 1 aliphatic heterocycles. The van der Waals surface area contributed by atoms with Gasteiger partial charge in [0.1, 0.15) is 11.3 Å². The van der Waals surface area contributed by atoms with Crippen LogP contribution in [0.5, 0.6) is 5.75 Å². The third-order valence-electron chi connectivity index (χ3n) is 4.48. The summed E-state index contributed by atoms with van der Waals surface area (Å²) in [6.07, 6.45) is 3.20. The average molecular weight is 350 g/mol. The summed E-state index contributed by atoms with van der Waals surface area (Å²) in [7, 11) is 0. The number of aryl methyl sites for hydroxylation is 1. The van der Waals surface area contributed by atoms with Crippen LogP contribution in [0.1, 0.15) is 31.7 Å². The number of carbonyl (C=O) groups excluding carboxylic acids is 1. The van der Waals surface area contributed by atoms with Gasteiger partial charge in [-0.1, -0.05) is 11.6 Å². The van der Waals surface area contributed by atoms with Crippen LogP contribution >= 0.6 is 11.6 Å². The molecule has 3 rings (SSSR count). The summed E-state index contributed by atoms with van der Waals surface area (Å²) in [6, 6.07) is 4.92. The Morgan fingerprint density at radius 2 is 2.17 bits per heavy atom. The van der Waals surface area contributed by atoms with Crippen LogP contribution < -0.4 is 10.4 Å². The lowest BCUT2D eigenvalue weighted by Gasteiger charge is -2.33. The number of hydrogen-bond acceptors (Lipinski definition) is 4. The molecule has 2 aromatic rings. The maximum absolute atomic E-state index is 12.3. The highest BCUT2D eigenvalue weighted by Gasteiger charge is 2.23. The second-order valence-corrected chi connectivity index (χ2v) is 6.66. The van der Waals surface area contributed by atoms with E-state index in [0.29, 0.717) is 16.4 Å². The molecule has 1 aromatic carbocycles. The molecule has 0 bridgehead atoms. The minimum atomic E-state index is -0.425. The molecule has 0 spiro atoms. The van der Waals surface area contributed by atoms with Crippen molar-refractivity contribution >= 4 is 28.5 Å². The van der Waals surface area contributed by atoms with Crippen molar-refractivity contribution in [3.05, 3.63) is 39.2 Å². The summed E-state index contributed by atoms with van der Waals surface area (Å²) in [5.41, 5.74) is 0.762. The molecule has 1 saturated heterocycles. The quantitative estimate of drug-likeness (QED) is 0.795. The van der Waals surface area contributed by atoms with E-state index in [9.17, 15) is 9.59 Å². The predicted molar refractivity (Wildman–Crippen MR) is 92.8 cm³/mol. The number of benzene rings is 1. The minimum absolute atomic E-state index is 0.0518. The van der Waals surface area contributed by atoms with Gasteiger partial charge in [-0.25, -0.2) is 4.79 Å². The van der Waals surface area contributed by atoms with Crippen LogP contribution in [0.25, 0.3) is 11.0 Å². The van der Waals surface area contributed by atoms with Crippen molar-refractivity contribution < 1.29 is 13.9 Å². The molecule has 0 saturated carbocycles. The normalized spacial score (nSPS) is 18.0. The first-order valence-corrected chi connectivity index (χ1v) is 8.50. The highest BCUT2D eigenvalue weighted by molar-refractivity contribution is 6.32.